The topological polar surface area (TPSA) is 78.4 Å². The van der Waals surface area contributed by atoms with Gasteiger partial charge in [0, 0.05) is 11.4 Å². The van der Waals surface area contributed by atoms with Crippen LogP contribution in [0.4, 0.5) is 4.79 Å². The van der Waals surface area contributed by atoms with E-state index in [0.717, 1.165) is 0 Å². The van der Waals surface area contributed by atoms with Gasteiger partial charge in [-0.05, 0) is 11.4 Å². The summed E-state index contributed by atoms with van der Waals surface area (Å²) in [6.07, 6.45) is 1.51. The molecule has 5 nitrogen and oxygen atoms in total. The van der Waals surface area contributed by atoms with Crippen LogP contribution in [0.3, 0.4) is 0 Å². The molecule has 1 aromatic heterocycles. The van der Waals surface area contributed by atoms with Gasteiger partial charge in [-0.3, -0.25) is 0 Å². The van der Waals surface area contributed by atoms with Gasteiger partial charge < -0.3 is 15.7 Å². The van der Waals surface area contributed by atoms with Crippen LogP contribution in [0.5, 0.6) is 0 Å². The fraction of sp³-hybridized carbons (Fsp3) is 0.200. The van der Waals surface area contributed by atoms with E-state index in [2.05, 4.69) is 17.2 Å². The van der Waals surface area contributed by atoms with Crippen molar-refractivity contribution >= 4 is 23.3 Å². The number of carboxylic acids is 1. The summed E-state index contributed by atoms with van der Waals surface area (Å²) in [5.41, 5.74) is 0. The molecule has 86 valence electrons. The average Bonchev–Trinajstić information content (AvgIpc) is 2.75. The Hall–Kier alpha value is -1.82. The van der Waals surface area contributed by atoms with Crippen molar-refractivity contribution < 1.29 is 14.7 Å². The number of amides is 2. The molecule has 6 heteroatoms. The van der Waals surface area contributed by atoms with E-state index >= 15 is 0 Å². The van der Waals surface area contributed by atoms with Crippen LogP contribution in [0.15, 0.2) is 30.2 Å². The molecule has 0 bridgehead atoms. The smallest absolute Gasteiger partial charge is 0.331 e. The highest BCUT2D eigenvalue weighted by molar-refractivity contribution is 7.10. The van der Waals surface area contributed by atoms with Crippen molar-refractivity contribution in [1.82, 2.24) is 10.6 Å². The minimum absolute atomic E-state index is 0.294. The molecule has 1 unspecified atom stereocenters. The van der Waals surface area contributed by atoms with Gasteiger partial charge in [0.25, 0.3) is 0 Å². The molecule has 0 aliphatic carbocycles. The number of carboxylic acid groups (broad SMARTS) is 1. The molecule has 16 heavy (non-hydrogen) atoms. The van der Waals surface area contributed by atoms with Crippen LogP contribution in [0.2, 0.25) is 0 Å². The van der Waals surface area contributed by atoms with Gasteiger partial charge in [-0.15, -0.1) is 17.9 Å². The van der Waals surface area contributed by atoms with Gasteiger partial charge in [0.05, 0.1) is 0 Å². The third-order valence-corrected chi connectivity index (χ3v) is 2.69. The third kappa shape index (κ3) is 3.39. The Labute approximate surface area is 96.8 Å². The number of aliphatic carboxylic acids is 1. The minimum Gasteiger partial charge on any atom is -0.479 e. The van der Waals surface area contributed by atoms with Crippen LogP contribution in [-0.2, 0) is 4.79 Å². The molecule has 0 saturated heterocycles. The summed E-state index contributed by atoms with van der Waals surface area (Å²) in [6.45, 7) is 3.73. The van der Waals surface area contributed by atoms with E-state index in [-0.39, 0.29) is 0 Å². The first-order chi connectivity index (χ1) is 7.65. The normalized spacial score (nSPS) is 11.5. The standard InChI is InChI=1S/C10H12N2O3S/c1-2-5-11-10(15)12-8(9(13)14)7-4-3-6-16-7/h2-4,6,8H,1,5H2,(H,13,14)(H2,11,12,15). The van der Waals surface area contributed by atoms with Crippen LogP contribution in [0.1, 0.15) is 10.9 Å². The Morgan fingerprint density at radius 1 is 1.62 bits per heavy atom. The molecular weight excluding hydrogens is 228 g/mol. The number of thiophene rings is 1. The SMILES string of the molecule is C=CCNC(=O)NC(C(=O)O)c1cccs1. The summed E-state index contributed by atoms with van der Waals surface area (Å²) < 4.78 is 0. The highest BCUT2D eigenvalue weighted by Gasteiger charge is 2.22. The quantitative estimate of drug-likeness (QED) is 0.680. The zero-order valence-corrected chi connectivity index (χ0v) is 9.29. The molecule has 3 N–H and O–H groups in total. The van der Waals surface area contributed by atoms with Gasteiger partial charge in [0.1, 0.15) is 0 Å². The van der Waals surface area contributed by atoms with Crippen LogP contribution < -0.4 is 10.6 Å². The van der Waals surface area contributed by atoms with Crippen molar-refractivity contribution in [2.24, 2.45) is 0 Å². The summed E-state index contributed by atoms with van der Waals surface area (Å²) in [4.78, 5) is 22.8. The van der Waals surface area contributed by atoms with Crippen LogP contribution in [0.25, 0.3) is 0 Å². The number of urea groups is 1. The average molecular weight is 240 g/mol. The predicted octanol–water partition coefficient (Wildman–Crippen LogP) is 1.36. The van der Waals surface area contributed by atoms with Crippen LogP contribution in [-0.4, -0.2) is 23.7 Å². The van der Waals surface area contributed by atoms with Crippen molar-refractivity contribution in [1.29, 1.82) is 0 Å². The van der Waals surface area contributed by atoms with Crippen molar-refractivity contribution in [3.63, 3.8) is 0 Å². The molecule has 0 radical (unpaired) electrons. The molecule has 0 fully saturated rings. The van der Waals surface area contributed by atoms with Crippen molar-refractivity contribution in [2.45, 2.75) is 6.04 Å². The van der Waals surface area contributed by atoms with E-state index in [0.29, 0.717) is 11.4 Å². The number of hydrogen-bond donors (Lipinski definition) is 3. The lowest BCUT2D eigenvalue weighted by atomic mass is 10.2. The maximum absolute atomic E-state index is 11.3. The fourth-order valence-electron chi connectivity index (χ4n) is 1.06. The molecule has 1 heterocycles. The molecular formula is C10H12N2O3S. The second kappa shape index (κ2) is 5.92. The van der Waals surface area contributed by atoms with Gasteiger partial charge in [-0.1, -0.05) is 12.1 Å². The second-order valence-corrected chi connectivity index (χ2v) is 3.91. The molecule has 0 aliphatic rings. The van der Waals surface area contributed by atoms with E-state index in [1.54, 1.807) is 17.5 Å². The maximum Gasteiger partial charge on any atom is 0.331 e. The van der Waals surface area contributed by atoms with Gasteiger partial charge in [0.15, 0.2) is 6.04 Å². The third-order valence-electron chi connectivity index (χ3n) is 1.76. The number of rotatable bonds is 5. The first kappa shape index (κ1) is 12.3. The molecule has 1 atom stereocenters. The van der Waals surface area contributed by atoms with Crippen molar-refractivity contribution in [3.05, 3.63) is 35.0 Å². The highest BCUT2D eigenvalue weighted by Crippen LogP contribution is 2.18. The lowest BCUT2D eigenvalue weighted by molar-refractivity contribution is -0.139. The number of carbonyl (C=O) groups excluding carboxylic acids is 1. The molecule has 0 spiro atoms. The largest absolute Gasteiger partial charge is 0.479 e. The van der Waals surface area contributed by atoms with Gasteiger partial charge in [-0.25, -0.2) is 9.59 Å². The Kier molecular flexibility index (Phi) is 4.53. The predicted molar refractivity (Wildman–Crippen MR) is 61.4 cm³/mol. The second-order valence-electron chi connectivity index (χ2n) is 2.93. The Bertz CT molecular complexity index is 375. The van der Waals surface area contributed by atoms with E-state index < -0.39 is 18.0 Å². The van der Waals surface area contributed by atoms with Crippen LogP contribution >= 0.6 is 11.3 Å². The Balaban J connectivity index is 2.63. The summed E-state index contributed by atoms with van der Waals surface area (Å²) in [7, 11) is 0. The summed E-state index contributed by atoms with van der Waals surface area (Å²) >= 11 is 1.28. The summed E-state index contributed by atoms with van der Waals surface area (Å²) in [6, 6.07) is 1.86. The van der Waals surface area contributed by atoms with Gasteiger partial charge in [-0.2, -0.15) is 0 Å². The van der Waals surface area contributed by atoms with Crippen molar-refractivity contribution in [2.75, 3.05) is 6.54 Å². The molecule has 0 aromatic carbocycles. The van der Waals surface area contributed by atoms with Crippen LogP contribution in [0, 0.1) is 0 Å². The Morgan fingerprint density at radius 3 is 2.88 bits per heavy atom. The van der Waals surface area contributed by atoms with E-state index in [9.17, 15) is 9.59 Å². The van der Waals surface area contributed by atoms with Gasteiger partial charge >= 0.3 is 12.0 Å². The first-order valence-electron chi connectivity index (χ1n) is 4.56. The monoisotopic (exact) mass is 240 g/mol. The van der Waals surface area contributed by atoms with Gasteiger partial charge in [0.2, 0.25) is 0 Å². The minimum atomic E-state index is -1.09. The summed E-state index contributed by atoms with van der Waals surface area (Å²) in [5, 5.41) is 15.5. The number of hydrogen-bond acceptors (Lipinski definition) is 3. The molecule has 1 rings (SSSR count). The number of nitrogens with one attached hydrogen (secondary N) is 2. The molecule has 1 aromatic rings. The van der Waals surface area contributed by atoms with E-state index in [4.69, 9.17) is 5.11 Å². The maximum atomic E-state index is 11.3. The van der Waals surface area contributed by atoms with E-state index in [1.165, 1.54) is 17.4 Å². The van der Waals surface area contributed by atoms with Crippen molar-refractivity contribution in [3.8, 4) is 0 Å². The molecule has 0 aliphatic heterocycles. The van der Waals surface area contributed by atoms with E-state index in [1.807, 2.05) is 0 Å². The highest BCUT2D eigenvalue weighted by atomic mass is 32.1. The molecule has 0 saturated carbocycles. The Morgan fingerprint density at radius 2 is 2.38 bits per heavy atom. The number of carbonyl (C=O) groups is 2. The first-order valence-corrected chi connectivity index (χ1v) is 5.44. The fourth-order valence-corrected chi connectivity index (χ4v) is 1.82. The lowest BCUT2D eigenvalue weighted by Crippen LogP contribution is -2.40. The molecule has 2 amide bonds. The zero-order chi connectivity index (χ0) is 12.0. The zero-order valence-electron chi connectivity index (χ0n) is 8.47. The lowest BCUT2D eigenvalue weighted by Gasteiger charge is -2.12. The summed E-state index contributed by atoms with van der Waals surface area (Å²) in [5.74, 6) is -1.09.